The molecule has 0 aromatic carbocycles. The second-order valence-electron chi connectivity index (χ2n) is 0.926. The summed E-state index contributed by atoms with van der Waals surface area (Å²) in [4.78, 5) is 4.01. The number of hydrogen-bond acceptors (Lipinski definition) is 2. The zero-order valence-electron chi connectivity index (χ0n) is 3.83. The van der Waals surface area contributed by atoms with E-state index in [1.807, 2.05) is 0 Å². The van der Waals surface area contributed by atoms with Crippen LogP contribution >= 0.6 is 34.8 Å². The molecule has 0 saturated heterocycles. The maximum atomic E-state index is 5.16. The number of alkyl halides is 3. The van der Waals surface area contributed by atoms with Crippen molar-refractivity contribution in [3.8, 4) is 0 Å². The summed E-state index contributed by atoms with van der Waals surface area (Å²) in [5.74, 6) is 4.56. The fourth-order valence-corrected chi connectivity index (χ4v) is 0.283. The summed E-state index contributed by atoms with van der Waals surface area (Å²) in [7, 11) is 0. The molecule has 0 saturated carbocycles. The topological polar surface area (TPSA) is 66.8 Å². The number of halogens is 3. The van der Waals surface area contributed by atoms with Crippen molar-refractivity contribution in [3.05, 3.63) is 0 Å². The van der Waals surface area contributed by atoms with Crippen LogP contribution in [0.3, 0.4) is 0 Å². The molecule has 0 unspecified atom stereocenters. The average molecular weight is 182 g/mol. The Morgan fingerprint density at radius 3 is 1.75 bits per heavy atom. The predicted octanol–water partition coefficient (Wildman–Crippen LogP) is 0.422. The molecule has 6 heteroatoms. The maximum Gasteiger partial charge on any atom is 0.215 e. The van der Waals surface area contributed by atoms with E-state index in [-0.39, 0.29) is 12.1 Å². The minimum atomic E-state index is -1.38. The molecule has 0 aliphatic carbocycles. The molecule has 0 rings (SSSR count). The summed E-state index contributed by atoms with van der Waals surface area (Å²) in [5.41, 5.74) is 0. The van der Waals surface area contributed by atoms with Gasteiger partial charge in [0.1, 0.15) is 6.61 Å². The Kier molecular flexibility index (Phi) is 6.65. The maximum absolute atomic E-state index is 5.16. The summed E-state index contributed by atoms with van der Waals surface area (Å²) in [5, 5.41) is 0. The van der Waals surface area contributed by atoms with Crippen molar-refractivity contribution in [2.75, 3.05) is 6.61 Å². The molecule has 0 fully saturated rings. The van der Waals surface area contributed by atoms with Gasteiger partial charge in [0.05, 0.1) is 0 Å². The lowest BCUT2D eigenvalue weighted by atomic mass is 10.8. The van der Waals surface area contributed by atoms with Gasteiger partial charge in [-0.05, 0) is 0 Å². The van der Waals surface area contributed by atoms with Gasteiger partial charge in [-0.15, -0.1) is 0 Å². The van der Waals surface area contributed by atoms with Gasteiger partial charge in [0.15, 0.2) is 0 Å². The third-order valence-electron chi connectivity index (χ3n) is 0.247. The van der Waals surface area contributed by atoms with Crippen LogP contribution in [0.25, 0.3) is 0 Å². The molecule has 0 spiro atoms. The Morgan fingerprint density at radius 2 is 1.75 bits per heavy atom. The molecule has 0 atom stereocenters. The summed E-state index contributed by atoms with van der Waals surface area (Å²) < 4.78 is -1.38. The summed E-state index contributed by atoms with van der Waals surface area (Å²) in [6.07, 6.45) is 0. The van der Waals surface area contributed by atoms with E-state index in [2.05, 4.69) is 10.7 Å². The van der Waals surface area contributed by atoms with Crippen LogP contribution in [-0.4, -0.2) is 15.9 Å². The smallest absolute Gasteiger partial charge is 0.215 e. The van der Waals surface area contributed by atoms with Crippen molar-refractivity contribution in [1.29, 1.82) is 0 Å². The van der Waals surface area contributed by atoms with E-state index in [9.17, 15) is 0 Å². The van der Waals surface area contributed by atoms with Crippen LogP contribution in [0.4, 0.5) is 0 Å². The third-order valence-corrected chi connectivity index (χ3v) is 0.574. The summed E-state index contributed by atoms with van der Waals surface area (Å²) >= 11 is 15.5. The minimum absolute atomic E-state index is 0. The van der Waals surface area contributed by atoms with Crippen LogP contribution in [-0.2, 0) is 4.84 Å². The number of rotatable bonds is 1. The Hall–Kier alpha value is 0.750. The Balaban J connectivity index is 0. The van der Waals surface area contributed by atoms with Gasteiger partial charge >= 0.3 is 0 Å². The third kappa shape index (κ3) is 9.89. The molecule has 0 aliphatic heterocycles. The van der Waals surface area contributed by atoms with E-state index in [0.717, 1.165) is 0 Å². The lowest BCUT2D eigenvalue weighted by Gasteiger charge is -2.05. The first-order chi connectivity index (χ1) is 3.06. The van der Waals surface area contributed by atoms with Crippen molar-refractivity contribution in [1.82, 2.24) is 0 Å². The van der Waals surface area contributed by atoms with Crippen molar-refractivity contribution in [3.63, 3.8) is 0 Å². The minimum Gasteiger partial charge on any atom is -0.412 e. The molecular weight excluding hydrogens is 176 g/mol. The van der Waals surface area contributed by atoms with Crippen LogP contribution in [0, 0.1) is 0 Å². The van der Waals surface area contributed by atoms with Crippen molar-refractivity contribution in [2.45, 2.75) is 3.79 Å². The van der Waals surface area contributed by atoms with E-state index in [0.29, 0.717) is 0 Å². The second-order valence-corrected chi connectivity index (χ2v) is 3.44. The zero-order valence-corrected chi connectivity index (χ0v) is 6.09. The van der Waals surface area contributed by atoms with Gasteiger partial charge in [-0.25, -0.2) is 5.90 Å². The Morgan fingerprint density at radius 1 is 1.38 bits per heavy atom. The Bertz CT molecular complexity index is 53.7. The van der Waals surface area contributed by atoms with Gasteiger partial charge in [0, 0.05) is 0 Å². The highest BCUT2D eigenvalue weighted by Gasteiger charge is 2.18. The van der Waals surface area contributed by atoms with Gasteiger partial charge in [0.25, 0.3) is 0 Å². The van der Waals surface area contributed by atoms with Gasteiger partial charge in [-0.1, -0.05) is 34.8 Å². The summed E-state index contributed by atoms with van der Waals surface area (Å²) in [6.45, 7) is -0.0856. The highest BCUT2D eigenvalue weighted by molar-refractivity contribution is 6.67. The van der Waals surface area contributed by atoms with E-state index >= 15 is 0 Å². The van der Waals surface area contributed by atoms with E-state index in [1.54, 1.807) is 0 Å². The predicted molar refractivity (Wildman–Crippen MR) is 34.0 cm³/mol. The normalized spacial score (nSPS) is 10.5. The molecule has 0 radical (unpaired) electrons. The van der Waals surface area contributed by atoms with Gasteiger partial charge in [0.2, 0.25) is 3.79 Å². The van der Waals surface area contributed by atoms with Crippen molar-refractivity contribution >= 4 is 34.8 Å². The first-order valence-electron chi connectivity index (χ1n) is 1.44. The fraction of sp³-hybridized carbons (Fsp3) is 1.00. The first kappa shape index (κ1) is 11.5. The molecule has 0 bridgehead atoms. The molecule has 4 N–H and O–H groups in total. The first-order valence-corrected chi connectivity index (χ1v) is 2.58. The molecule has 8 heavy (non-hydrogen) atoms. The SMILES string of the molecule is NOCC(Cl)(Cl)Cl.O. The van der Waals surface area contributed by atoms with Gasteiger partial charge < -0.3 is 10.3 Å². The molecule has 3 nitrogen and oxygen atoms in total. The van der Waals surface area contributed by atoms with E-state index < -0.39 is 3.79 Å². The summed E-state index contributed by atoms with van der Waals surface area (Å²) in [6, 6.07) is 0. The molecule has 0 heterocycles. The monoisotopic (exact) mass is 181 g/mol. The highest BCUT2D eigenvalue weighted by atomic mass is 35.6. The van der Waals surface area contributed by atoms with Gasteiger partial charge in [-0.3, -0.25) is 0 Å². The standard InChI is InChI=1S/C2H4Cl3NO.H2O/c3-2(4,5)1-7-6;/h1,6H2;1H2. The molecule has 0 aliphatic rings. The van der Waals surface area contributed by atoms with Crippen LogP contribution in [0.15, 0.2) is 0 Å². The zero-order chi connectivity index (χ0) is 5.91. The second kappa shape index (κ2) is 4.61. The van der Waals surface area contributed by atoms with Crippen LogP contribution in [0.5, 0.6) is 0 Å². The number of hydrogen-bond donors (Lipinski definition) is 1. The fourth-order valence-electron chi connectivity index (χ4n) is 0.0945. The molecule has 0 amide bonds. The molecule has 52 valence electrons. The van der Waals surface area contributed by atoms with Crippen LogP contribution < -0.4 is 5.90 Å². The quantitative estimate of drug-likeness (QED) is 0.472. The molecular formula is C2H6Cl3NO2. The van der Waals surface area contributed by atoms with Gasteiger partial charge in [-0.2, -0.15) is 0 Å². The molecule has 0 aromatic rings. The van der Waals surface area contributed by atoms with Crippen LogP contribution in [0.2, 0.25) is 0 Å². The average Bonchev–Trinajstić information content (AvgIpc) is 1.30. The lowest BCUT2D eigenvalue weighted by molar-refractivity contribution is 0.143. The number of nitrogens with two attached hydrogens (primary N) is 1. The highest BCUT2D eigenvalue weighted by Crippen LogP contribution is 2.24. The van der Waals surface area contributed by atoms with E-state index in [4.69, 9.17) is 34.8 Å². The lowest BCUT2D eigenvalue weighted by Crippen LogP contribution is -2.15. The van der Waals surface area contributed by atoms with Crippen LogP contribution in [0.1, 0.15) is 0 Å². The van der Waals surface area contributed by atoms with Crippen molar-refractivity contribution in [2.24, 2.45) is 5.90 Å². The Labute approximate surface area is 61.9 Å². The molecule has 0 aromatic heterocycles. The van der Waals surface area contributed by atoms with Crippen molar-refractivity contribution < 1.29 is 10.3 Å². The largest absolute Gasteiger partial charge is 0.412 e. The van der Waals surface area contributed by atoms with E-state index in [1.165, 1.54) is 0 Å².